The number of carbonyl (C=O) groups is 1. The number of para-hydroxylation sites is 1. The van der Waals surface area contributed by atoms with Gasteiger partial charge in [0.2, 0.25) is 0 Å². The summed E-state index contributed by atoms with van der Waals surface area (Å²) in [6.45, 7) is 2.83. The SMILES string of the molecule is COc1ccccc1CC(C)N(Cc1ccccc1)C(=O)c1coc(CN)c1. The molecule has 2 N–H and O–H groups in total. The van der Waals surface area contributed by atoms with Gasteiger partial charge in [0.05, 0.1) is 19.2 Å². The zero-order valence-electron chi connectivity index (χ0n) is 16.3. The monoisotopic (exact) mass is 378 g/mol. The average molecular weight is 378 g/mol. The Morgan fingerprint density at radius 1 is 1.14 bits per heavy atom. The minimum absolute atomic E-state index is 0.0415. The number of rotatable bonds is 8. The molecule has 146 valence electrons. The van der Waals surface area contributed by atoms with Crippen molar-refractivity contribution < 1.29 is 13.9 Å². The Morgan fingerprint density at radius 2 is 1.86 bits per heavy atom. The summed E-state index contributed by atoms with van der Waals surface area (Å²) in [6, 6.07) is 19.6. The molecule has 3 aromatic rings. The lowest BCUT2D eigenvalue weighted by Gasteiger charge is -2.29. The third-order valence-electron chi connectivity index (χ3n) is 4.80. The first-order valence-electron chi connectivity index (χ1n) is 9.36. The number of hydrogen-bond donors (Lipinski definition) is 1. The van der Waals surface area contributed by atoms with Gasteiger partial charge in [-0.05, 0) is 36.6 Å². The molecule has 0 radical (unpaired) electrons. The summed E-state index contributed by atoms with van der Waals surface area (Å²) in [5, 5.41) is 0. The maximum atomic E-state index is 13.3. The molecule has 1 atom stereocenters. The maximum Gasteiger partial charge on any atom is 0.257 e. The standard InChI is InChI=1S/C23H26N2O3/c1-17(12-19-10-6-7-11-22(19)27-2)25(15-18-8-4-3-5-9-18)23(26)20-13-21(14-24)28-16-20/h3-11,13,16-17H,12,14-15,24H2,1-2H3. The van der Waals surface area contributed by atoms with Crippen LogP contribution in [0.15, 0.2) is 71.3 Å². The lowest BCUT2D eigenvalue weighted by molar-refractivity contribution is 0.0674. The van der Waals surface area contributed by atoms with E-state index >= 15 is 0 Å². The molecule has 0 saturated carbocycles. The second-order valence-electron chi connectivity index (χ2n) is 6.79. The Labute approximate surface area is 165 Å². The van der Waals surface area contributed by atoms with Gasteiger partial charge in [-0.15, -0.1) is 0 Å². The molecule has 0 spiro atoms. The van der Waals surface area contributed by atoms with E-state index in [4.69, 9.17) is 14.9 Å². The summed E-state index contributed by atoms with van der Waals surface area (Å²) < 4.78 is 10.9. The highest BCUT2D eigenvalue weighted by Gasteiger charge is 2.24. The molecule has 2 aromatic carbocycles. The molecule has 0 bridgehead atoms. The Kier molecular flexibility index (Phi) is 6.50. The summed E-state index contributed by atoms with van der Waals surface area (Å²) in [4.78, 5) is 15.1. The van der Waals surface area contributed by atoms with Crippen molar-refractivity contribution in [2.24, 2.45) is 5.73 Å². The van der Waals surface area contributed by atoms with E-state index in [1.165, 1.54) is 6.26 Å². The van der Waals surface area contributed by atoms with E-state index in [1.807, 2.05) is 59.5 Å². The third-order valence-corrected chi connectivity index (χ3v) is 4.80. The lowest BCUT2D eigenvalue weighted by atomic mass is 10.0. The molecule has 0 aliphatic heterocycles. The van der Waals surface area contributed by atoms with Crippen LogP contribution in [0.3, 0.4) is 0 Å². The second kappa shape index (κ2) is 9.24. The lowest BCUT2D eigenvalue weighted by Crippen LogP contribution is -2.39. The molecule has 0 aliphatic rings. The molecule has 28 heavy (non-hydrogen) atoms. The van der Waals surface area contributed by atoms with Gasteiger partial charge in [-0.1, -0.05) is 48.5 Å². The van der Waals surface area contributed by atoms with E-state index in [2.05, 4.69) is 6.92 Å². The van der Waals surface area contributed by atoms with E-state index in [1.54, 1.807) is 13.2 Å². The highest BCUT2D eigenvalue weighted by molar-refractivity contribution is 5.94. The number of furan rings is 1. The molecule has 3 rings (SSSR count). The average Bonchev–Trinajstić information content (AvgIpc) is 3.22. The fraction of sp³-hybridized carbons (Fsp3) is 0.261. The number of methoxy groups -OCH3 is 1. The van der Waals surface area contributed by atoms with Crippen LogP contribution in [0, 0.1) is 0 Å². The molecular formula is C23H26N2O3. The number of nitrogens with two attached hydrogens (primary N) is 1. The van der Waals surface area contributed by atoms with Crippen LogP contribution in [0.5, 0.6) is 5.75 Å². The molecular weight excluding hydrogens is 352 g/mol. The van der Waals surface area contributed by atoms with Crippen molar-refractivity contribution in [1.29, 1.82) is 0 Å². The van der Waals surface area contributed by atoms with Crippen LogP contribution in [-0.4, -0.2) is 24.0 Å². The zero-order chi connectivity index (χ0) is 19.9. The van der Waals surface area contributed by atoms with Gasteiger partial charge in [0.1, 0.15) is 17.8 Å². The first-order chi connectivity index (χ1) is 13.6. The van der Waals surface area contributed by atoms with Gasteiger partial charge in [0.25, 0.3) is 5.91 Å². The van der Waals surface area contributed by atoms with Crippen molar-refractivity contribution in [3.8, 4) is 5.75 Å². The molecule has 5 nitrogen and oxygen atoms in total. The van der Waals surface area contributed by atoms with Crippen LogP contribution in [0.1, 0.15) is 34.2 Å². The Bertz CT molecular complexity index is 905. The van der Waals surface area contributed by atoms with Crippen LogP contribution >= 0.6 is 0 Å². The quantitative estimate of drug-likeness (QED) is 0.643. The van der Waals surface area contributed by atoms with Crippen molar-refractivity contribution in [3.05, 3.63) is 89.4 Å². The van der Waals surface area contributed by atoms with Gasteiger partial charge in [0, 0.05) is 12.6 Å². The third kappa shape index (κ3) is 4.61. The Balaban J connectivity index is 1.87. The van der Waals surface area contributed by atoms with Crippen LogP contribution in [0.2, 0.25) is 0 Å². The summed E-state index contributed by atoms with van der Waals surface area (Å²) in [6.07, 6.45) is 2.17. The predicted molar refractivity (Wildman–Crippen MR) is 109 cm³/mol. The van der Waals surface area contributed by atoms with Gasteiger partial charge >= 0.3 is 0 Å². The molecule has 0 fully saturated rings. The molecule has 0 aliphatic carbocycles. The van der Waals surface area contributed by atoms with Crippen LogP contribution in [-0.2, 0) is 19.5 Å². The topological polar surface area (TPSA) is 68.7 Å². The van der Waals surface area contributed by atoms with Crippen LogP contribution in [0.4, 0.5) is 0 Å². The van der Waals surface area contributed by atoms with Gasteiger partial charge < -0.3 is 19.8 Å². The van der Waals surface area contributed by atoms with Gasteiger partial charge in [0.15, 0.2) is 0 Å². The smallest absolute Gasteiger partial charge is 0.257 e. The first-order valence-corrected chi connectivity index (χ1v) is 9.36. The molecule has 1 amide bonds. The van der Waals surface area contributed by atoms with Crippen molar-refractivity contribution in [1.82, 2.24) is 4.90 Å². The number of nitrogens with zero attached hydrogens (tertiary/aromatic N) is 1. The van der Waals surface area contributed by atoms with E-state index in [0.717, 1.165) is 16.9 Å². The minimum atomic E-state index is -0.0744. The van der Waals surface area contributed by atoms with Crippen molar-refractivity contribution >= 4 is 5.91 Å². The highest BCUT2D eigenvalue weighted by Crippen LogP contribution is 2.23. The maximum absolute atomic E-state index is 13.3. The van der Waals surface area contributed by atoms with Gasteiger partial charge in [-0.3, -0.25) is 4.79 Å². The Hall–Kier alpha value is -3.05. The molecule has 1 aromatic heterocycles. The van der Waals surface area contributed by atoms with Crippen LogP contribution < -0.4 is 10.5 Å². The molecule has 5 heteroatoms. The number of benzene rings is 2. The first kappa shape index (κ1) is 19.7. The molecule has 1 unspecified atom stereocenters. The summed E-state index contributed by atoms with van der Waals surface area (Å²) in [5.74, 6) is 1.35. The van der Waals surface area contributed by atoms with Crippen molar-refractivity contribution in [2.45, 2.75) is 32.5 Å². The number of ether oxygens (including phenoxy) is 1. The van der Waals surface area contributed by atoms with Gasteiger partial charge in [-0.2, -0.15) is 0 Å². The zero-order valence-corrected chi connectivity index (χ0v) is 16.3. The number of hydrogen-bond acceptors (Lipinski definition) is 4. The van der Waals surface area contributed by atoms with E-state index < -0.39 is 0 Å². The predicted octanol–water partition coefficient (Wildman–Crippen LogP) is 4.02. The summed E-state index contributed by atoms with van der Waals surface area (Å²) in [5.41, 5.74) is 8.28. The van der Waals surface area contributed by atoms with Crippen LogP contribution in [0.25, 0.3) is 0 Å². The highest BCUT2D eigenvalue weighted by atomic mass is 16.5. The minimum Gasteiger partial charge on any atom is -0.496 e. The fourth-order valence-corrected chi connectivity index (χ4v) is 3.27. The molecule has 1 heterocycles. The molecule has 0 saturated heterocycles. The number of amides is 1. The number of carbonyl (C=O) groups excluding carboxylic acids is 1. The van der Waals surface area contributed by atoms with E-state index in [0.29, 0.717) is 24.3 Å². The van der Waals surface area contributed by atoms with E-state index in [-0.39, 0.29) is 18.5 Å². The van der Waals surface area contributed by atoms with Crippen molar-refractivity contribution in [2.75, 3.05) is 7.11 Å². The Morgan fingerprint density at radius 3 is 2.54 bits per heavy atom. The largest absolute Gasteiger partial charge is 0.496 e. The van der Waals surface area contributed by atoms with E-state index in [9.17, 15) is 4.79 Å². The second-order valence-corrected chi connectivity index (χ2v) is 6.79. The summed E-state index contributed by atoms with van der Waals surface area (Å²) in [7, 11) is 1.66. The van der Waals surface area contributed by atoms with Gasteiger partial charge in [-0.25, -0.2) is 0 Å². The normalized spacial score (nSPS) is 11.8. The van der Waals surface area contributed by atoms with Crippen molar-refractivity contribution in [3.63, 3.8) is 0 Å². The fourth-order valence-electron chi connectivity index (χ4n) is 3.27. The summed E-state index contributed by atoms with van der Waals surface area (Å²) >= 11 is 0.